The van der Waals surface area contributed by atoms with E-state index in [2.05, 4.69) is 4.90 Å². The molecule has 1 aromatic rings. The number of halogens is 1. The van der Waals surface area contributed by atoms with E-state index >= 15 is 0 Å². The molecule has 0 aliphatic heterocycles. The molecule has 0 aromatic heterocycles. The molecule has 0 spiro atoms. The molecule has 19 heavy (non-hydrogen) atoms. The molecular formula is C16H24FNO. The Morgan fingerprint density at radius 1 is 1.21 bits per heavy atom. The van der Waals surface area contributed by atoms with Gasteiger partial charge in [-0.1, -0.05) is 25.3 Å². The number of benzene rings is 1. The molecule has 0 radical (unpaired) electrons. The number of nitrogens with zero attached hydrogens (tertiary/aromatic N) is 1. The van der Waals surface area contributed by atoms with Gasteiger partial charge in [0.2, 0.25) is 0 Å². The minimum Gasteiger partial charge on any atom is -0.386 e. The first-order chi connectivity index (χ1) is 8.97. The molecule has 3 heteroatoms. The van der Waals surface area contributed by atoms with Crippen LogP contribution in [0.4, 0.5) is 4.39 Å². The summed E-state index contributed by atoms with van der Waals surface area (Å²) in [5.74, 6) is -0.274. The fourth-order valence-electron chi connectivity index (χ4n) is 3.32. The summed E-state index contributed by atoms with van der Waals surface area (Å²) in [5, 5.41) is 10.9. The van der Waals surface area contributed by atoms with Gasteiger partial charge in [0.15, 0.2) is 0 Å². The molecule has 0 bridgehead atoms. The quantitative estimate of drug-likeness (QED) is 0.905. The zero-order valence-electron chi connectivity index (χ0n) is 12.1. The van der Waals surface area contributed by atoms with Gasteiger partial charge in [0.05, 0.1) is 11.6 Å². The van der Waals surface area contributed by atoms with Crippen molar-refractivity contribution in [1.29, 1.82) is 0 Å². The fourth-order valence-corrected chi connectivity index (χ4v) is 3.32. The number of hydrogen-bond donors (Lipinski definition) is 1. The highest BCUT2D eigenvalue weighted by molar-refractivity contribution is 5.31. The number of aliphatic hydroxyl groups is 1. The van der Waals surface area contributed by atoms with Crippen LogP contribution in [0.3, 0.4) is 0 Å². The highest BCUT2D eigenvalue weighted by Crippen LogP contribution is 2.42. The van der Waals surface area contributed by atoms with E-state index < -0.39 is 6.10 Å². The maximum absolute atomic E-state index is 13.5. The summed E-state index contributed by atoms with van der Waals surface area (Å²) < 4.78 is 13.5. The van der Waals surface area contributed by atoms with E-state index in [1.807, 2.05) is 21.0 Å². The van der Waals surface area contributed by atoms with E-state index in [1.54, 1.807) is 6.07 Å². The smallest absolute Gasteiger partial charge is 0.123 e. The average Bonchev–Trinajstić information content (AvgIpc) is 2.41. The zero-order chi connectivity index (χ0) is 14.0. The molecule has 0 saturated heterocycles. The summed E-state index contributed by atoms with van der Waals surface area (Å²) in [6, 6.07) is 4.69. The van der Waals surface area contributed by atoms with E-state index in [4.69, 9.17) is 0 Å². The van der Waals surface area contributed by atoms with Crippen molar-refractivity contribution >= 4 is 0 Å². The first-order valence-corrected chi connectivity index (χ1v) is 7.09. The molecule has 1 fully saturated rings. The van der Waals surface area contributed by atoms with Crippen molar-refractivity contribution in [2.24, 2.45) is 0 Å². The second-order valence-corrected chi connectivity index (χ2v) is 5.96. The lowest BCUT2D eigenvalue weighted by atomic mass is 9.74. The number of hydrogen-bond acceptors (Lipinski definition) is 2. The molecule has 1 saturated carbocycles. The number of aliphatic hydroxyl groups excluding tert-OH is 1. The SMILES string of the molecule is Cc1ccc(F)cc1C(O)C1(N(C)C)CCCCC1. The molecule has 1 unspecified atom stereocenters. The monoisotopic (exact) mass is 265 g/mol. The third-order valence-electron chi connectivity index (χ3n) is 4.65. The van der Waals surface area contributed by atoms with Crippen molar-refractivity contribution < 1.29 is 9.50 Å². The summed E-state index contributed by atoms with van der Waals surface area (Å²) in [4.78, 5) is 2.13. The Balaban J connectivity index is 2.39. The summed E-state index contributed by atoms with van der Waals surface area (Å²) in [6.45, 7) is 1.93. The van der Waals surface area contributed by atoms with E-state index in [-0.39, 0.29) is 11.4 Å². The minimum absolute atomic E-state index is 0.253. The topological polar surface area (TPSA) is 23.5 Å². The molecular weight excluding hydrogens is 241 g/mol. The van der Waals surface area contributed by atoms with Crippen molar-refractivity contribution in [2.45, 2.75) is 50.7 Å². The van der Waals surface area contributed by atoms with Crippen molar-refractivity contribution in [2.75, 3.05) is 14.1 Å². The highest BCUT2D eigenvalue weighted by atomic mass is 19.1. The van der Waals surface area contributed by atoms with Crippen LogP contribution < -0.4 is 0 Å². The Labute approximate surface area is 115 Å². The molecule has 0 heterocycles. The largest absolute Gasteiger partial charge is 0.386 e. The van der Waals surface area contributed by atoms with Crippen LogP contribution in [0, 0.1) is 12.7 Å². The summed E-state index contributed by atoms with van der Waals surface area (Å²) >= 11 is 0. The summed E-state index contributed by atoms with van der Waals surface area (Å²) in [5.41, 5.74) is 1.44. The Bertz CT molecular complexity index is 438. The van der Waals surface area contributed by atoms with Crippen LogP contribution in [0.5, 0.6) is 0 Å². The van der Waals surface area contributed by atoms with Gasteiger partial charge < -0.3 is 10.0 Å². The second-order valence-electron chi connectivity index (χ2n) is 5.96. The van der Waals surface area contributed by atoms with Crippen molar-refractivity contribution in [3.05, 3.63) is 35.1 Å². The van der Waals surface area contributed by atoms with Gasteiger partial charge in [-0.15, -0.1) is 0 Å². The lowest BCUT2D eigenvalue weighted by Crippen LogP contribution is -2.50. The standard InChI is InChI=1S/C16H24FNO/c1-12-7-8-13(17)11-14(12)15(19)16(18(2)3)9-5-4-6-10-16/h7-8,11,15,19H,4-6,9-10H2,1-3H3. The van der Waals surface area contributed by atoms with E-state index in [0.29, 0.717) is 0 Å². The lowest BCUT2D eigenvalue weighted by molar-refractivity contribution is -0.0340. The number of likely N-dealkylation sites (N-methyl/N-ethyl adjacent to an activating group) is 1. The molecule has 1 aliphatic rings. The maximum Gasteiger partial charge on any atom is 0.123 e. The van der Waals surface area contributed by atoms with Gasteiger partial charge in [0, 0.05) is 0 Å². The average molecular weight is 265 g/mol. The molecule has 2 nitrogen and oxygen atoms in total. The van der Waals surface area contributed by atoms with Crippen molar-refractivity contribution in [3.8, 4) is 0 Å². The molecule has 0 amide bonds. The normalized spacial score (nSPS) is 20.5. The summed E-state index contributed by atoms with van der Waals surface area (Å²) in [7, 11) is 4.03. The van der Waals surface area contributed by atoms with Gasteiger partial charge in [0.25, 0.3) is 0 Å². The Hall–Kier alpha value is -0.930. The first kappa shape index (κ1) is 14.5. The molecule has 106 valence electrons. The van der Waals surface area contributed by atoms with Crippen LogP contribution in [-0.4, -0.2) is 29.6 Å². The third kappa shape index (κ3) is 2.67. The van der Waals surface area contributed by atoms with E-state index in [0.717, 1.165) is 36.8 Å². The first-order valence-electron chi connectivity index (χ1n) is 7.09. The Morgan fingerprint density at radius 2 is 1.84 bits per heavy atom. The van der Waals surface area contributed by atoms with Gasteiger partial charge in [0.1, 0.15) is 5.82 Å². The van der Waals surface area contributed by atoms with E-state index in [1.165, 1.54) is 18.6 Å². The van der Waals surface area contributed by atoms with Crippen LogP contribution in [0.25, 0.3) is 0 Å². The van der Waals surface area contributed by atoms with Crippen LogP contribution in [0.2, 0.25) is 0 Å². The van der Waals surface area contributed by atoms with Gasteiger partial charge in [-0.2, -0.15) is 0 Å². The molecule has 1 N–H and O–H groups in total. The van der Waals surface area contributed by atoms with Gasteiger partial charge in [-0.3, -0.25) is 0 Å². The Kier molecular flexibility index (Phi) is 4.26. The fraction of sp³-hybridized carbons (Fsp3) is 0.625. The van der Waals surface area contributed by atoms with Crippen molar-refractivity contribution in [3.63, 3.8) is 0 Å². The second kappa shape index (κ2) is 5.59. The van der Waals surface area contributed by atoms with Gasteiger partial charge in [-0.05, 0) is 57.1 Å². The zero-order valence-corrected chi connectivity index (χ0v) is 12.1. The third-order valence-corrected chi connectivity index (χ3v) is 4.65. The number of aryl methyl sites for hydroxylation is 1. The van der Waals surface area contributed by atoms with Crippen LogP contribution in [0.1, 0.15) is 49.3 Å². The van der Waals surface area contributed by atoms with Crippen LogP contribution in [0.15, 0.2) is 18.2 Å². The lowest BCUT2D eigenvalue weighted by Gasteiger charge is -2.46. The maximum atomic E-state index is 13.5. The van der Waals surface area contributed by atoms with Crippen LogP contribution >= 0.6 is 0 Å². The van der Waals surface area contributed by atoms with Gasteiger partial charge in [-0.25, -0.2) is 4.39 Å². The molecule has 1 aliphatic carbocycles. The van der Waals surface area contributed by atoms with E-state index in [9.17, 15) is 9.50 Å². The number of rotatable bonds is 3. The van der Waals surface area contributed by atoms with Crippen LogP contribution in [-0.2, 0) is 0 Å². The Morgan fingerprint density at radius 3 is 2.42 bits per heavy atom. The van der Waals surface area contributed by atoms with Gasteiger partial charge >= 0.3 is 0 Å². The molecule has 1 atom stereocenters. The minimum atomic E-state index is -0.626. The molecule has 2 rings (SSSR count). The van der Waals surface area contributed by atoms with Crippen molar-refractivity contribution in [1.82, 2.24) is 4.90 Å². The predicted octanol–water partition coefficient (Wildman–Crippen LogP) is 3.43. The predicted molar refractivity (Wildman–Crippen MR) is 75.6 cm³/mol. The highest BCUT2D eigenvalue weighted by Gasteiger charge is 2.42. The summed E-state index contributed by atoms with van der Waals surface area (Å²) in [6.07, 6.45) is 4.80. The molecule has 1 aromatic carbocycles.